The number of nitro groups is 1. The summed E-state index contributed by atoms with van der Waals surface area (Å²) >= 11 is 0. The highest BCUT2D eigenvalue weighted by atomic mass is 16.6. The Morgan fingerprint density at radius 2 is 2.00 bits per heavy atom. The zero-order chi connectivity index (χ0) is 21.1. The highest BCUT2D eigenvalue weighted by Crippen LogP contribution is 2.34. The van der Waals surface area contributed by atoms with E-state index in [1.807, 2.05) is 30.3 Å². The summed E-state index contributed by atoms with van der Waals surface area (Å²) in [6, 6.07) is 17.2. The number of hydrogen-bond acceptors (Lipinski definition) is 7. The van der Waals surface area contributed by atoms with Crippen molar-refractivity contribution < 1.29 is 19.2 Å². The summed E-state index contributed by atoms with van der Waals surface area (Å²) in [5.41, 5.74) is 2.64. The van der Waals surface area contributed by atoms with Crippen LogP contribution in [0.4, 0.5) is 11.4 Å². The Labute approximate surface area is 171 Å². The van der Waals surface area contributed by atoms with Gasteiger partial charge < -0.3 is 14.3 Å². The van der Waals surface area contributed by atoms with Crippen molar-refractivity contribution in [3.63, 3.8) is 0 Å². The summed E-state index contributed by atoms with van der Waals surface area (Å²) in [5.74, 6) is 0.331. The largest absolute Gasteiger partial charge is 0.504 e. The van der Waals surface area contributed by atoms with E-state index in [2.05, 4.69) is 9.98 Å². The molecule has 0 saturated heterocycles. The van der Waals surface area contributed by atoms with E-state index < -0.39 is 4.92 Å². The summed E-state index contributed by atoms with van der Waals surface area (Å²) in [6.45, 7) is 1.99. The number of fused-ring (bicyclic) bond motifs is 1. The fourth-order valence-corrected chi connectivity index (χ4v) is 2.93. The number of ether oxygens (including phenoxy) is 1. The van der Waals surface area contributed by atoms with Gasteiger partial charge in [0, 0.05) is 23.4 Å². The van der Waals surface area contributed by atoms with Crippen LogP contribution in [0, 0.1) is 10.1 Å². The molecule has 8 nitrogen and oxygen atoms in total. The third-order valence-corrected chi connectivity index (χ3v) is 4.34. The van der Waals surface area contributed by atoms with Crippen LogP contribution in [0.1, 0.15) is 12.5 Å². The van der Waals surface area contributed by atoms with Gasteiger partial charge in [-0.25, -0.2) is 4.98 Å². The lowest BCUT2D eigenvalue weighted by atomic mass is 10.1. The lowest BCUT2D eigenvalue weighted by Crippen LogP contribution is -1.97. The van der Waals surface area contributed by atoms with Crippen LogP contribution in [0.25, 0.3) is 22.6 Å². The van der Waals surface area contributed by atoms with Crippen LogP contribution in [0.15, 0.2) is 70.1 Å². The second kappa shape index (κ2) is 8.04. The van der Waals surface area contributed by atoms with Gasteiger partial charge in [0.05, 0.1) is 23.3 Å². The highest BCUT2D eigenvalue weighted by Gasteiger charge is 2.16. The Kier molecular flexibility index (Phi) is 5.13. The van der Waals surface area contributed by atoms with Crippen molar-refractivity contribution in [1.82, 2.24) is 4.98 Å². The van der Waals surface area contributed by atoms with Gasteiger partial charge in [-0.2, -0.15) is 0 Å². The molecule has 0 atom stereocenters. The molecule has 0 radical (unpaired) electrons. The number of aromatic hydroxyl groups is 1. The summed E-state index contributed by atoms with van der Waals surface area (Å²) in [5, 5.41) is 21.5. The second-order valence-corrected chi connectivity index (χ2v) is 6.37. The minimum Gasteiger partial charge on any atom is -0.504 e. The molecule has 4 rings (SSSR count). The lowest BCUT2D eigenvalue weighted by Gasteiger charge is -2.07. The minimum absolute atomic E-state index is 0.0348. The number of phenolic OH excluding ortho intramolecular Hbond substituents is 1. The third-order valence-electron chi connectivity index (χ3n) is 4.34. The summed E-state index contributed by atoms with van der Waals surface area (Å²) < 4.78 is 11.1. The number of nitro benzene ring substituents is 1. The van der Waals surface area contributed by atoms with Crippen LogP contribution in [0.5, 0.6) is 11.5 Å². The number of oxazole rings is 1. The molecule has 0 saturated carbocycles. The van der Waals surface area contributed by atoms with E-state index in [-0.39, 0.29) is 29.4 Å². The van der Waals surface area contributed by atoms with Gasteiger partial charge in [0.2, 0.25) is 5.89 Å². The maximum Gasteiger partial charge on any atom is 0.274 e. The van der Waals surface area contributed by atoms with E-state index in [1.54, 1.807) is 25.1 Å². The molecule has 0 fully saturated rings. The molecule has 30 heavy (non-hydrogen) atoms. The number of benzene rings is 3. The molecule has 0 unspecified atom stereocenters. The predicted octanol–water partition coefficient (Wildman–Crippen LogP) is 5.26. The summed E-state index contributed by atoms with van der Waals surface area (Å²) in [7, 11) is 0. The van der Waals surface area contributed by atoms with E-state index in [4.69, 9.17) is 9.15 Å². The van der Waals surface area contributed by atoms with Crippen molar-refractivity contribution in [3.8, 4) is 23.0 Å². The van der Waals surface area contributed by atoms with Crippen molar-refractivity contribution in [3.05, 3.63) is 76.3 Å². The van der Waals surface area contributed by atoms with Crippen LogP contribution in [0.3, 0.4) is 0 Å². The monoisotopic (exact) mass is 403 g/mol. The molecule has 0 spiro atoms. The van der Waals surface area contributed by atoms with Crippen LogP contribution >= 0.6 is 0 Å². The van der Waals surface area contributed by atoms with E-state index in [1.165, 1.54) is 18.3 Å². The second-order valence-electron chi connectivity index (χ2n) is 6.37. The smallest absolute Gasteiger partial charge is 0.274 e. The van der Waals surface area contributed by atoms with Gasteiger partial charge in [-0.1, -0.05) is 18.2 Å². The zero-order valence-corrected chi connectivity index (χ0v) is 16.0. The summed E-state index contributed by atoms with van der Waals surface area (Å²) in [4.78, 5) is 19.4. The molecular formula is C22H17N3O5. The molecule has 0 amide bonds. The fourth-order valence-electron chi connectivity index (χ4n) is 2.93. The Hall–Kier alpha value is -4.20. The minimum atomic E-state index is -0.550. The number of aromatic nitrogens is 1. The molecule has 0 aliphatic carbocycles. The molecule has 0 aliphatic heterocycles. The van der Waals surface area contributed by atoms with Gasteiger partial charge in [0.15, 0.2) is 17.1 Å². The molecule has 4 aromatic rings. The first-order chi connectivity index (χ1) is 14.5. The molecule has 3 aromatic carbocycles. The van der Waals surface area contributed by atoms with Gasteiger partial charge in [-0.3, -0.25) is 15.1 Å². The highest BCUT2D eigenvalue weighted by molar-refractivity contribution is 5.89. The molecule has 0 aliphatic rings. The topological polar surface area (TPSA) is 111 Å². The predicted molar refractivity (Wildman–Crippen MR) is 113 cm³/mol. The maximum atomic E-state index is 11.2. The SMILES string of the molecule is CCOc1cc([N+](=O)[O-])cc(C=Nc2ccc3oc(-c4ccccc4)nc3c2)c1O. The fraction of sp³-hybridized carbons (Fsp3) is 0.0909. The van der Waals surface area contributed by atoms with Gasteiger partial charge in [-0.15, -0.1) is 0 Å². The van der Waals surface area contributed by atoms with Crippen LogP contribution in [0.2, 0.25) is 0 Å². The molecule has 1 heterocycles. The Balaban J connectivity index is 1.68. The van der Waals surface area contributed by atoms with Crippen LogP contribution in [-0.2, 0) is 0 Å². The molecule has 150 valence electrons. The Morgan fingerprint density at radius 1 is 1.20 bits per heavy atom. The summed E-state index contributed by atoms with van der Waals surface area (Å²) in [6.07, 6.45) is 1.35. The van der Waals surface area contributed by atoms with Crippen molar-refractivity contribution >= 4 is 28.7 Å². The van der Waals surface area contributed by atoms with Crippen molar-refractivity contribution in [2.45, 2.75) is 6.92 Å². The Morgan fingerprint density at radius 3 is 2.73 bits per heavy atom. The van der Waals surface area contributed by atoms with Gasteiger partial charge in [-0.05, 0) is 37.3 Å². The average molecular weight is 403 g/mol. The molecule has 8 heteroatoms. The first-order valence-corrected chi connectivity index (χ1v) is 9.19. The molecule has 1 aromatic heterocycles. The normalized spacial score (nSPS) is 11.2. The molecule has 1 N–H and O–H groups in total. The van der Waals surface area contributed by atoms with Gasteiger partial charge >= 0.3 is 0 Å². The van der Waals surface area contributed by atoms with Gasteiger partial charge in [0.1, 0.15) is 5.52 Å². The Bertz CT molecular complexity index is 1250. The third kappa shape index (κ3) is 3.83. The quantitative estimate of drug-likeness (QED) is 0.267. The maximum absolute atomic E-state index is 11.2. The lowest BCUT2D eigenvalue weighted by molar-refractivity contribution is -0.385. The first kappa shape index (κ1) is 19.1. The van der Waals surface area contributed by atoms with Crippen molar-refractivity contribution in [2.24, 2.45) is 4.99 Å². The number of rotatable bonds is 6. The molecule has 0 bridgehead atoms. The van der Waals surface area contributed by atoms with Gasteiger partial charge in [0.25, 0.3) is 5.69 Å². The first-order valence-electron chi connectivity index (χ1n) is 9.19. The number of hydrogen-bond donors (Lipinski definition) is 1. The van der Waals surface area contributed by atoms with E-state index in [0.29, 0.717) is 22.7 Å². The standard InChI is InChI=1S/C22H17N3O5/c1-2-29-20-12-17(25(27)28)10-15(21(20)26)13-23-16-8-9-19-18(11-16)24-22(30-19)14-6-4-3-5-7-14/h3-13,26H,2H2,1H3. The zero-order valence-electron chi connectivity index (χ0n) is 16.0. The number of phenols is 1. The van der Waals surface area contributed by atoms with Crippen LogP contribution in [-0.4, -0.2) is 27.8 Å². The number of nitrogens with zero attached hydrogens (tertiary/aromatic N) is 3. The van der Waals surface area contributed by atoms with E-state index in [0.717, 1.165) is 5.56 Å². The van der Waals surface area contributed by atoms with Crippen LogP contribution < -0.4 is 4.74 Å². The average Bonchev–Trinajstić information content (AvgIpc) is 3.18. The number of aliphatic imine (C=N–C) groups is 1. The molecular weight excluding hydrogens is 386 g/mol. The van der Waals surface area contributed by atoms with E-state index in [9.17, 15) is 15.2 Å². The van der Waals surface area contributed by atoms with E-state index >= 15 is 0 Å². The van der Waals surface area contributed by atoms with Crippen molar-refractivity contribution in [1.29, 1.82) is 0 Å². The number of non-ortho nitro benzene ring substituents is 1. The van der Waals surface area contributed by atoms with Crippen molar-refractivity contribution in [2.75, 3.05) is 6.61 Å².